The molecular formula is C25H23ClFN3O6S. The molecule has 0 radical (unpaired) electrons. The van der Waals surface area contributed by atoms with E-state index in [-0.39, 0.29) is 27.7 Å². The Balaban J connectivity index is 1.73. The van der Waals surface area contributed by atoms with Crippen LogP contribution in [0.4, 0.5) is 10.1 Å². The van der Waals surface area contributed by atoms with Crippen molar-refractivity contribution < 1.29 is 31.9 Å². The lowest BCUT2D eigenvalue weighted by molar-refractivity contribution is -0.123. The first-order valence-corrected chi connectivity index (χ1v) is 12.5. The molecule has 0 atom stereocenters. The maximum Gasteiger partial charge on any atom is 0.276 e. The minimum absolute atomic E-state index is 0.0911. The van der Waals surface area contributed by atoms with E-state index in [9.17, 15) is 22.4 Å². The molecule has 9 nitrogen and oxygen atoms in total. The summed E-state index contributed by atoms with van der Waals surface area (Å²) in [6, 6.07) is 15.2. The number of methoxy groups -OCH3 is 1. The molecule has 37 heavy (non-hydrogen) atoms. The van der Waals surface area contributed by atoms with Crippen LogP contribution in [0.3, 0.4) is 0 Å². The van der Waals surface area contributed by atoms with Gasteiger partial charge in [0.05, 0.1) is 24.4 Å². The molecule has 0 saturated carbocycles. The van der Waals surface area contributed by atoms with Gasteiger partial charge >= 0.3 is 0 Å². The summed E-state index contributed by atoms with van der Waals surface area (Å²) in [7, 11) is -2.83. The lowest BCUT2D eigenvalue weighted by atomic mass is 10.2. The molecule has 0 unspecified atom stereocenters. The predicted molar refractivity (Wildman–Crippen MR) is 137 cm³/mol. The topological polar surface area (TPSA) is 114 Å². The molecular weight excluding hydrogens is 525 g/mol. The minimum Gasteiger partial charge on any atom is -0.493 e. The van der Waals surface area contributed by atoms with Crippen molar-refractivity contribution in [3.8, 4) is 11.5 Å². The summed E-state index contributed by atoms with van der Waals surface area (Å²) in [5, 5.41) is -0.137. The molecule has 0 saturated heterocycles. The van der Waals surface area contributed by atoms with Crippen molar-refractivity contribution in [2.45, 2.75) is 4.90 Å². The second-order valence-electron chi connectivity index (χ2n) is 7.39. The second-order valence-corrected chi connectivity index (χ2v) is 9.63. The molecule has 3 rings (SSSR count). The number of hydrogen-bond acceptors (Lipinski definition) is 6. The Labute approximate surface area is 218 Å². The number of amides is 2. The maximum absolute atomic E-state index is 13.4. The van der Waals surface area contributed by atoms with Gasteiger partial charge in [-0.2, -0.15) is 0 Å². The van der Waals surface area contributed by atoms with Crippen LogP contribution in [-0.2, 0) is 14.8 Å². The van der Waals surface area contributed by atoms with Gasteiger partial charge in [-0.1, -0.05) is 29.8 Å². The predicted octanol–water partition coefficient (Wildman–Crippen LogP) is 3.71. The van der Waals surface area contributed by atoms with Crippen molar-refractivity contribution in [1.82, 2.24) is 10.9 Å². The fourth-order valence-electron chi connectivity index (χ4n) is 3.14. The van der Waals surface area contributed by atoms with Crippen LogP contribution < -0.4 is 24.6 Å². The van der Waals surface area contributed by atoms with Crippen LogP contribution in [0, 0.1) is 5.82 Å². The number of halogens is 2. The molecule has 0 bridgehead atoms. The average Bonchev–Trinajstić information content (AvgIpc) is 2.90. The number of ether oxygens (including phenoxy) is 2. The minimum atomic E-state index is -4.28. The summed E-state index contributed by atoms with van der Waals surface area (Å²) < 4.78 is 51.7. The number of anilines is 1. The molecule has 3 aromatic rings. The van der Waals surface area contributed by atoms with Crippen molar-refractivity contribution >= 4 is 39.1 Å². The third kappa shape index (κ3) is 6.78. The van der Waals surface area contributed by atoms with E-state index in [1.54, 1.807) is 24.3 Å². The molecule has 0 aliphatic carbocycles. The number of hydrazine groups is 1. The third-order valence-electron chi connectivity index (χ3n) is 4.91. The SMILES string of the molecule is C=CCN(c1ccc(F)cc1)S(=O)(=O)c1cc(C(=O)NNC(=O)COc2ccccc2OC)ccc1Cl. The van der Waals surface area contributed by atoms with Gasteiger partial charge in [0.25, 0.3) is 21.8 Å². The van der Waals surface area contributed by atoms with Crippen LogP contribution in [-0.4, -0.2) is 40.5 Å². The first-order chi connectivity index (χ1) is 17.7. The Kier molecular flexibility index (Phi) is 9.10. The molecule has 0 spiro atoms. The van der Waals surface area contributed by atoms with E-state index in [0.29, 0.717) is 11.5 Å². The Hall–Kier alpha value is -4.09. The largest absolute Gasteiger partial charge is 0.493 e. The number of nitrogens with one attached hydrogen (secondary N) is 2. The summed E-state index contributed by atoms with van der Waals surface area (Å²) in [5.41, 5.74) is 4.47. The molecule has 0 aliphatic heterocycles. The van der Waals surface area contributed by atoms with E-state index in [0.717, 1.165) is 22.5 Å². The molecule has 0 aromatic heterocycles. The van der Waals surface area contributed by atoms with Gasteiger partial charge in [-0.05, 0) is 54.6 Å². The van der Waals surface area contributed by atoms with Crippen molar-refractivity contribution in [1.29, 1.82) is 0 Å². The highest BCUT2D eigenvalue weighted by atomic mass is 35.5. The molecule has 0 fully saturated rings. The van der Waals surface area contributed by atoms with E-state index >= 15 is 0 Å². The summed E-state index contributed by atoms with van der Waals surface area (Å²) >= 11 is 6.17. The highest BCUT2D eigenvalue weighted by molar-refractivity contribution is 7.93. The zero-order valence-corrected chi connectivity index (χ0v) is 21.2. The first-order valence-electron chi connectivity index (χ1n) is 10.7. The van der Waals surface area contributed by atoms with Crippen LogP contribution in [0.2, 0.25) is 5.02 Å². The number of para-hydroxylation sites is 2. The number of carbonyl (C=O) groups is 2. The average molecular weight is 548 g/mol. The lowest BCUT2D eigenvalue weighted by Gasteiger charge is -2.24. The third-order valence-corrected chi connectivity index (χ3v) is 7.19. The fraction of sp³-hybridized carbons (Fsp3) is 0.120. The van der Waals surface area contributed by atoms with E-state index in [4.69, 9.17) is 21.1 Å². The molecule has 194 valence electrons. The maximum atomic E-state index is 13.4. The van der Waals surface area contributed by atoms with Crippen LogP contribution >= 0.6 is 11.6 Å². The zero-order chi connectivity index (χ0) is 27.0. The Bertz CT molecular complexity index is 1400. The molecule has 12 heteroatoms. The van der Waals surface area contributed by atoms with Gasteiger partial charge in [-0.25, -0.2) is 12.8 Å². The van der Waals surface area contributed by atoms with Gasteiger partial charge in [0.2, 0.25) is 0 Å². The van der Waals surface area contributed by atoms with Gasteiger partial charge in [-0.15, -0.1) is 6.58 Å². The first kappa shape index (κ1) is 27.5. The lowest BCUT2D eigenvalue weighted by Crippen LogP contribution is -2.43. The van der Waals surface area contributed by atoms with Crippen molar-refractivity contribution in [3.63, 3.8) is 0 Å². The van der Waals surface area contributed by atoms with Crippen molar-refractivity contribution in [3.05, 3.63) is 95.8 Å². The highest BCUT2D eigenvalue weighted by Gasteiger charge is 2.28. The second kappa shape index (κ2) is 12.2. The summed E-state index contributed by atoms with van der Waals surface area (Å²) in [5.74, 6) is -1.23. The van der Waals surface area contributed by atoms with Gasteiger partial charge in [0, 0.05) is 5.56 Å². The molecule has 0 heterocycles. The van der Waals surface area contributed by atoms with E-state index in [1.165, 1.54) is 37.5 Å². The summed E-state index contributed by atoms with van der Waals surface area (Å²) in [6.07, 6.45) is 1.36. The Morgan fingerprint density at radius 3 is 2.38 bits per heavy atom. The summed E-state index contributed by atoms with van der Waals surface area (Å²) in [4.78, 5) is 24.4. The van der Waals surface area contributed by atoms with E-state index in [2.05, 4.69) is 17.4 Å². The molecule has 2 N–H and O–H groups in total. The van der Waals surface area contributed by atoms with Crippen LogP contribution in [0.15, 0.2) is 84.3 Å². The number of rotatable bonds is 10. The van der Waals surface area contributed by atoms with Gasteiger partial charge in [0.15, 0.2) is 18.1 Å². The van der Waals surface area contributed by atoms with Crippen molar-refractivity contribution in [2.24, 2.45) is 0 Å². The Morgan fingerprint density at radius 2 is 1.73 bits per heavy atom. The number of carbonyl (C=O) groups excluding carboxylic acids is 2. The molecule has 2 amide bonds. The monoisotopic (exact) mass is 547 g/mol. The summed E-state index contributed by atoms with van der Waals surface area (Å²) in [6.45, 7) is 3.01. The van der Waals surface area contributed by atoms with Crippen molar-refractivity contribution in [2.75, 3.05) is 24.6 Å². The van der Waals surface area contributed by atoms with Gasteiger partial charge < -0.3 is 9.47 Å². The number of hydrogen-bond donors (Lipinski definition) is 2. The quantitative estimate of drug-likeness (QED) is 0.295. The Morgan fingerprint density at radius 1 is 1.05 bits per heavy atom. The van der Waals surface area contributed by atoms with Crippen LogP contribution in [0.1, 0.15) is 10.4 Å². The smallest absolute Gasteiger partial charge is 0.276 e. The highest BCUT2D eigenvalue weighted by Crippen LogP contribution is 2.30. The van der Waals surface area contributed by atoms with Gasteiger partial charge in [-0.3, -0.25) is 24.7 Å². The van der Waals surface area contributed by atoms with Gasteiger partial charge in [0.1, 0.15) is 10.7 Å². The zero-order valence-electron chi connectivity index (χ0n) is 19.6. The van der Waals surface area contributed by atoms with Crippen LogP contribution in [0.5, 0.6) is 11.5 Å². The fourth-order valence-corrected chi connectivity index (χ4v) is 5.08. The molecule has 0 aliphatic rings. The number of nitrogens with zero attached hydrogens (tertiary/aromatic N) is 1. The van der Waals surface area contributed by atoms with E-state index < -0.39 is 34.3 Å². The normalized spacial score (nSPS) is 10.8. The standard InChI is InChI=1S/C25H23ClFN3O6S/c1-3-14-30(19-11-9-18(27)10-12-19)37(33,34)23-15-17(8-13-20(23)26)25(32)29-28-24(31)16-36-22-7-5-4-6-21(22)35-2/h3-13,15H,1,14,16H2,2H3,(H,28,31)(H,29,32). The van der Waals surface area contributed by atoms with E-state index in [1.807, 2.05) is 0 Å². The number of benzene rings is 3. The van der Waals surface area contributed by atoms with Crippen LogP contribution in [0.25, 0.3) is 0 Å². The molecule has 3 aromatic carbocycles. The number of sulfonamides is 1.